The van der Waals surface area contributed by atoms with Gasteiger partial charge in [-0.25, -0.2) is 4.79 Å². The molecule has 1 saturated heterocycles. The minimum Gasteiger partial charge on any atom is -0.444 e. The summed E-state index contributed by atoms with van der Waals surface area (Å²) in [5, 5.41) is 0. The molecule has 1 aliphatic rings. The largest absolute Gasteiger partial charge is 0.444 e. The maximum absolute atomic E-state index is 12.6. The van der Waals surface area contributed by atoms with E-state index in [0.29, 0.717) is 31.7 Å². The van der Waals surface area contributed by atoms with E-state index in [4.69, 9.17) is 4.74 Å². The van der Waals surface area contributed by atoms with E-state index in [-0.39, 0.29) is 12.3 Å². The number of benzene rings is 1. The van der Waals surface area contributed by atoms with Crippen molar-refractivity contribution in [2.24, 2.45) is 0 Å². The smallest absolute Gasteiger partial charge is 0.416 e. The van der Waals surface area contributed by atoms with E-state index >= 15 is 0 Å². The van der Waals surface area contributed by atoms with E-state index in [1.165, 1.54) is 12.1 Å². The third-order valence-electron chi connectivity index (χ3n) is 3.92. The van der Waals surface area contributed by atoms with Crippen LogP contribution in [0, 0.1) is 0 Å². The van der Waals surface area contributed by atoms with Crippen LogP contribution in [0.3, 0.4) is 0 Å². The maximum Gasteiger partial charge on any atom is 0.416 e. The number of halogens is 3. The molecule has 0 radical (unpaired) electrons. The molecule has 0 N–H and O–H groups in total. The quantitative estimate of drug-likeness (QED) is 0.800. The second kappa shape index (κ2) is 7.55. The molecule has 1 aromatic carbocycles. The van der Waals surface area contributed by atoms with E-state index < -0.39 is 23.4 Å². The molecular weight excluding hydrogens is 349 g/mol. The number of hydrogen-bond acceptors (Lipinski definition) is 3. The maximum atomic E-state index is 12.6. The Hall–Kier alpha value is -2.25. The molecule has 0 saturated carbocycles. The number of rotatable bonds is 2. The Balaban J connectivity index is 1.86. The van der Waals surface area contributed by atoms with Gasteiger partial charge in [0.05, 0.1) is 12.0 Å². The molecule has 0 unspecified atom stereocenters. The molecule has 26 heavy (non-hydrogen) atoms. The zero-order valence-electron chi connectivity index (χ0n) is 15.1. The number of carbonyl (C=O) groups excluding carboxylic acids is 2. The van der Waals surface area contributed by atoms with Crippen LogP contribution in [0.15, 0.2) is 24.3 Å². The first kappa shape index (κ1) is 20.1. The first-order chi connectivity index (χ1) is 12.0. The highest BCUT2D eigenvalue weighted by Crippen LogP contribution is 2.29. The summed E-state index contributed by atoms with van der Waals surface area (Å²) >= 11 is 0. The average Bonchev–Trinajstić information content (AvgIpc) is 2.53. The fraction of sp³-hybridized carbons (Fsp3) is 0.556. The van der Waals surface area contributed by atoms with E-state index in [0.717, 1.165) is 12.1 Å². The van der Waals surface area contributed by atoms with Crippen LogP contribution in [0.25, 0.3) is 0 Å². The highest BCUT2D eigenvalue weighted by atomic mass is 19.4. The number of nitrogens with zero attached hydrogens (tertiary/aromatic N) is 2. The predicted octanol–water partition coefficient (Wildman–Crippen LogP) is 3.33. The van der Waals surface area contributed by atoms with E-state index in [2.05, 4.69) is 0 Å². The molecule has 5 nitrogen and oxygen atoms in total. The van der Waals surface area contributed by atoms with Crippen LogP contribution in [0.2, 0.25) is 0 Å². The predicted molar refractivity (Wildman–Crippen MR) is 89.5 cm³/mol. The van der Waals surface area contributed by atoms with Crippen molar-refractivity contribution in [2.45, 2.75) is 39.0 Å². The van der Waals surface area contributed by atoms with Gasteiger partial charge in [0, 0.05) is 26.2 Å². The Labute approximate surface area is 150 Å². The molecule has 8 heteroatoms. The SMILES string of the molecule is CC(C)(C)OC(=O)N1CCN(C(=O)Cc2ccc(C(F)(F)F)cc2)CC1. The molecule has 1 aromatic rings. The zero-order valence-corrected chi connectivity index (χ0v) is 15.1. The molecule has 0 atom stereocenters. The van der Waals surface area contributed by atoms with Gasteiger partial charge < -0.3 is 14.5 Å². The summed E-state index contributed by atoms with van der Waals surface area (Å²) in [4.78, 5) is 27.5. The molecule has 0 aromatic heterocycles. The van der Waals surface area contributed by atoms with E-state index in [1.807, 2.05) is 0 Å². The third-order valence-corrected chi connectivity index (χ3v) is 3.92. The first-order valence-electron chi connectivity index (χ1n) is 8.37. The van der Waals surface area contributed by atoms with Gasteiger partial charge in [-0.1, -0.05) is 12.1 Å². The van der Waals surface area contributed by atoms with Crippen molar-refractivity contribution in [2.75, 3.05) is 26.2 Å². The topological polar surface area (TPSA) is 49.9 Å². The summed E-state index contributed by atoms with van der Waals surface area (Å²) in [7, 11) is 0. The number of amides is 2. The Morgan fingerprint density at radius 1 is 0.962 bits per heavy atom. The Bertz CT molecular complexity index is 643. The average molecular weight is 372 g/mol. The van der Waals surface area contributed by atoms with Crippen LogP contribution in [-0.4, -0.2) is 53.6 Å². The summed E-state index contributed by atoms with van der Waals surface area (Å²) in [6, 6.07) is 4.58. The van der Waals surface area contributed by atoms with Crippen LogP contribution < -0.4 is 0 Å². The van der Waals surface area contributed by atoms with Gasteiger partial charge in [0.2, 0.25) is 5.91 Å². The van der Waals surface area contributed by atoms with E-state index in [1.54, 1.807) is 30.6 Å². The lowest BCUT2D eigenvalue weighted by atomic mass is 10.1. The fourth-order valence-corrected chi connectivity index (χ4v) is 2.56. The third kappa shape index (κ3) is 5.64. The second-order valence-corrected chi connectivity index (χ2v) is 7.22. The molecular formula is C18H23F3N2O3. The molecule has 1 heterocycles. The monoisotopic (exact) mass is 372 g/mol. The minimum atomic E-state index is -4.39. The standard InChI is InChI=1S/C18H23F3N2O3/c1-17(2,3)26-16(25)23-10-8-22(9-11-23)15(24)12-13-4-6-14(7-5-13)18(19,20)21/h4-7H,8-12H2,1-3H3. The van der Waals surface area contributed by atoms with Gasteiger partial charge in [0.1, 0.15) is 5.60 Å². The lowest BCUT2D eigenvalue weighted by Gasteiger charge is -2.35. The summed E-state index contributed by atoms with van der Waals surface area (Å²) in [5.74, 6) is -0.173. The van der Waals surface area contributed by atoms with E-state index in [9.17, 15) is 22.8 Å². The lowest BCUT2D eigenvalue weighted by Crippen LogP contribution is -2.51. The normalized spacial score (nSPS) is 15.8. The van der Waals surface area contributed by atoms with Gasteiger partial charge in [-0.15, -0.1) is 0 Å². The first-order valence-corrected chi connectivity index (χ1v) is 8.37. The molecule has 0 aliphatic carbocycles. The molecule has 144 valence electrons. The zero-order chi connectivity index (χ0) is 19.5. The molecule has 0 bridgehead atoms. The molecule has 2 rings (SSSR count). The van der Waals surface area contributed by atoms with Crippen LogP contribution in [0.5, 0.6) is 0 Å². The molecule has 1 aliphatic heterocycles. The van der Waals surface area contributed by atoms with Crippen molar-refractivity contribution in [3.8, 4) is 0 Å². The summed E-state index contributed by atoms with van der Waals surface area (Å²) in [6.07, 6.45) is -4.77. The Morgan fingerprint density at radius 3 is 1.92 bits per heavy atom. The summed E-state index contributed by atoms with van der Waals surface area (Å²) < 4.78 is 43.0. The van der Waals surface area contributed by atoms with Crippen LogP contribution in [-0.2, 0) is 22.1 Å². The van der Waals surface area contributed by atoms with Crippen molar-refractivity contribution in [1.82, 2.24) is 9.80 Å². The minimum absolute atomic E-state index is 0.0323. The number of piperazine rings is 1. The van der Waals surface area contributed by atoms with Crippen LogP contribution in [0.4, 0.5) is 18.0 Å². The summed E-state index contributed by atoms with van der Waals surface area (Å²) in [5.41, 5.74) is -0.788. The second-order valence-electron chi connectivity index (χ2n) is 7.22. The van der Waals surface area contributed by atoms with Crippen LogP contribution in [0.1, 0.15) is 31.9 Å². The van der Waals surface area contributed by atoms with Crippen LogP contribution >= 0.6 is 0 Å². The van der Waals surface area contributed by atoms with Crippen molar-refractivity contribution in [3.63, 3.8) is 0 Å². The number of ether oxygens (including phenoxy) is 1. The van der Waals surface area contributed by atoms with Gasteiger partial charge in [-0.2, -0.15) is 13.2 Å². The number of carbonyl (C=O) groups is 2. The Kier molecular flexibility index (Phi) is 5.83. The number of alkyl halides is 3. The highest BCUT2D eigenvalue weighted by Gasteiger charge is 2.30. The molecule has 0 spiro atoms. The highest BCUT2D eigenvalue weighted by molar-refractivity contribution is 5.79. The number of hydrogen-bond donors (Lipinski definition) is 0. The van der Waals surface area contributed by atoms with Gasteiger partial charge in [0.15, 0.2) is 0 Å². The summed E-state index contributed by atoms with van der Waals surface area (Å²) in [6.45, 7) is 6.84. The van der Waals surface area contributed by atoms with Gasteiger partial charge >= 0.3 is 12.3 Å². The lowest BCUT2D eigenvalue weighted by molar-refractivity contribution is -0.137. The Morgan fingerprint density at radius 2 is 1.46 bits per heavy atom. The molecule has 1 fully saturated rings. The van der Waals surface area contributed by atoms with Gasteiger partial charge in [0.25, 0.3) is 0 Å². The van der Waals surface area contributed by atoms with Gasteiger partial charge in [-0.3, -0.25) is 4.79 Å². The molecule has 2 amide bonds. The van der Waals surface area contributed by atoms with Crippen molar-refractivity contribution in [3.05, 3.63) is 35.4 Å². The fourth-order valence-electron chi connectivity index (χ4n) is 2.56. The van der Waals surface area contributed by atoms with Gasteiger partial charge in [-0.05, 0) is 38.5 Å². The van der Waals surface area contributed by atoms with Crippen molar-refractivity contribution < 1.29 is 27.5 Å². The van der Waals surface area contributed by atoms with Crippen molar-refractivity contribution >= 4 is 12.0 Å². The van der Waals surface area contributed by atoms with Crippen molar-refractivity contribution in [1.29, 1.82) is 0 Å².